The van der Waals surface area contributed by atoms with Gasteiger partial charge in [-0.3, -0.25) is 0 Å². The molecule has 0 saturated heterocycles. The zero-order valence-electron chi connectivity index (χ0n) is 10.7. The molecule has 1 aromatic heterocycles. The van der Waals surface area contributed by atoms with Crippen LogP contribution < -0.4 is 11.1 Å². The summed E-state index contributed by atoms with van der Waals surface area (Å²) in [5, 5.41) is 3.79. The third-order valence-corrected chi connectivity index (χ3v) is 6.17. The lowest BCUT2D eigenvalue weighted by atomic mass is 10.1. The molecule has 0 radical (unpaired) electrons. The average Bonchev–Trinajstić information content (AvgIpc) is 2.87. The Morgan fingerprint density at radius 3 is 2.72 bits per heavy atom. The van der Waals surface area contributed by atoms with Crippen molar-refractivity contribution in [3.05, 3.63) is 0 Å². The number of hydrogen-bond donors (Lipinski definition) is 2. The minimum atomic E-state index is -3.32. The fraction of sp³-hybridized carbons (Fsp3) is 0.727. The summed E-state index contributed by atoms with van der Waals surface area (Å²) in [5.41, 5.74) is 6.00. The van der Waals surface area contributed by atoms with Crippen molar-refractivity contribution in [2.45, 2.75) is 38.0 Å². The molecule has 1 heterocycles. The molecule has 0 aliphatic heterocycles. The van der Waals surface area contributed by atoms with Gasteiger partial charge in [0.05, 0.1) is 5.75 Å². The van der Waals surface area contributed by atoms with Crippen LogP contribution in [0.1, 0.15) is 33.1 Å². The van der Waals surface area contributed by atoms with Crippen molar-refractivity contribution in [1.82, 2.24) is 4.37 Å². The summed E-state index contributed by atoms with van der Waals surface area (Å²) in [6.07, 6.45) is 2.95. The van der Waals surface area contributed by atoms with E-state index in [1.54, 1.807) is 0 Å². The first-order chi connectivity index (χ1) is 8.38. The maximum absolute atomic E-state index is 12.1. The van der Waals surface area contributed by atoms with Gasteiger partial charge in [-0.15, -0.1) is 0 Å². The number of sulfone groups is 1. The van der Waals surface area contributed by atoms with Crippen LogP contribution >= 0.6 is 11.5 Å². The molecular weight excluding hydrogens is 270 g/mol. The van der Waals surface area contributed by atoms with Gasteiger partial charge < -0.3 is 11.1 Å². The number of nitrogens with one attached hydrogen (secondary N) is 1. The molecule has 2 rings (SSSR count). The standard InChI is InChI=1S/C11H19N3O2S2/c1-3-6-18(15,16)8-9(12)14-17-10(8)13-7-11(2)4-5-11/h13H,3-7H2,1-2H3,(H2,12,14). The highest BCUT2D eigenvalue weighted by Crippen LogP contribution is 2.45. The summed E-state index contributed by atoms with van der Waals surface area (Å²) in [4.78, 5) is 0.193. The second-order valence-electron chi connectivity index (χ2n) is 5.21. The molecule has 0 spiro atoms. The molecule has 1 aliphatic carbocycles. The van der Waals surface area contributed by atoms with Crippen LogP contribution in [0, 0.1) is 5.41 Å². The number of rotatable bonds is 6. The summed E-state index contributed by atoms with van der Waals surface area (Å²) in [7, 11) is -3.32. The highest BCUT2D eigenvalue weighted by atomic mass is 32.2. The second-order valence-corrected chi connectivity index (χ2v) is 8.03. The number of anilines is 2. The monoisotopic (exact) mass is 289 g/mol. The lowest BCUT2D eigenvalue weighted by molar-refractivity contribution is 0.593. The van der Waals surface area contributed by atoms with E-state index >= 15 is 0 Å². The van der Waals surface area contributed by atoms with Crippen LogP contribution in [0.15, 0.2) is 4.90 Å². The summed E-state index contributed by atoms with van der Waals surface area (Å²) in [6, 6.07) is 0. The number of hydrogen-bond acceptors (Lipinski definition) is 6. The predicted octanol–water partition coefficient (Wildman–Crippen LogP) is 2.12. The Morgan fingerprint density at radius 1 is 1.50 bits per heavy atom. The summed E-state index contributed by atoms with van der Waals surface area (Å²) < 4.78 is 28.2. The molecule has 1 aliphatic rings. The molecule has 3 N–H and O–H groups in total. The van der Waals surface area contributed by atoms with E-state index in [2.05, 4.69) is 16.6 Å². The summed E-state index contributed by atoms with van der Waals surface area (Å²) in [5.74, 6) is 0.235. The molecule has 1 fully saturated rings. The first kappa shape index (κ1) is 13.6. The van der Waals surface area contributed by atoms with Gasteiger partial charge in [-0.2, -0.15) is 4.37 Å². The molecule has 18 heavy (non-hydrogen) atoms. The predicted molar refractivity (Wildman–Crippen MR) is 74.7 cm³/mol. The molecule has 5 nitrogen and oxygen atoms in total. The maximum Gasteiger partial charge on any atom is 0.185 e. The first-order valence-corrected chi connectivity index (χ1v) is 8.52. The minimum absolute atomic E-state index is 0.113. The highest BCUT2D eigenvalue weighted by molar-refractivity contribution is 7.91. The molecule has 102 valence electrons. The molecule has 0 unspecified atom stereocenters. The van der Waals surface area contributed by atoms with Crippen molar-refractivity contribution in [3.63, 3.8) is 0 Å². The van der Waals surface area contributed by atoms with Crippen LogP contribution in [0.4, 0.5) is 10.8 Å². The Kier molecular flexibility index (Phi) is 3.55. The van der Waals surface area contributed by atoms with E-state index < -0.39 is 9.84 Å². The summed E-state index contributed by atoms with van der Waals surface area (Å²) in [6.45, 7) is 4.81. The number of nitrogens with two attached hydrogens (primary N) is 1. The van der Waals surface area contributed by atoms with E-state index in [4.69, 9.17) is 5.73 Å². The SMILES string of the molecule is CCCS(=O)(=O)c1c(N)nsc1NCC1(C)CC1. The lowest BCUT2D eigenvalue weighted by Gasteiger charge is -2.11. The van der Waals surface area contributed by atoms with E-state index in [-0.39, 0.29) is 16.5 Å². The van der Waals surface area contributed by atoms with Crippen molar-refractivity contribution >= 4 is 32.2 Å². The van der Waals surface area contributed by atoms with E-state index in [0.717, 1.165) is 18.1 Å². The van der Waals surface area contributed by atoms with Gasteiger partial charge in [0.25, 0.3) is 0 Å². The van der Waals surface area contributed by atoms with E-state index in [0.29, 0.717) is 16.8 Å². The smallest absolute Gasteiger partial charge is 0.185 e. The molecule has 0 aromatic carbocycles. The largest absolute Gasteiger partial charge is 0.382 e. The van der Waals surface area contributed by atoms with Crippen molar-refractivity contribution in [3.8, 4) is 0 Å². The zero-order chi connectivity index (χ0) is 13.4. The van der Waals surface area contributed by atoms with Crippen LogP contribution in [0.2, 0.25) is 0 Å². The molecule has 0 bridgehead atoms. The molecule has 7 heteroatoms. The van der Waals surface area contributed by atoms with Gasteiger partial charge in [-0.05, 0) is 36.2 Å². The molecule has 1 aromatic rings. The third kappa shape index (κ3) is 2.77. The Labute approximate surface area is 112 Å². The Hall–Kier alpha value is -0.820. The number of aromatic nitrogens is 1. The van der Waals surface area contributed by atoms with Gasteiger partial charge in [0.15, 0.2) is 15.7 Å². The Bertz CT molecular complexity index is 532. The minimum Gasteiger partial charge on any atom is -0.382 e. The van der Waals surface area contributed by atoms with Gasteiger partial charge in [0.2, 0.25) is 0 Å². The Morgan fingerprint density at radius 2 is 2.17 bits per heavy atom. The third-order valence-electron chi connectivity index (χ3n) is 3.24. The van der Waals surface area contributed by atoms with Crippen molar-refractivity contribution in [2.24, 2.45) is 5.41 Å². The zero-order valence-corrected chi connectivity index (χ0v) is 12.3. The summed E-state index contributed by atoms with van der Waals surface area (Å²) >= 11 is 1.13. The fourth-order valence-electron chi connectivity index (χ4n) is 1.76. The quantitative estimate of drug-likeness (QED) is 0.838. The molecule has 0 amide bonds. The van der Waals surface area contributed by atoms with Gasteiger partial charge in [-0.1, -0.05) is 13.8 Å². The number of nitrogen functional groups attached to an aromatic ring is 1. The molecule has 0 atom stereocenters. The maximum atomic E-state index is 12.1. The lowest BCUT2D eigenvalue weighted by Crippen LogP contribution is -2.14. The Balaban J connectivity index is 2.21. The highest BCUT2D eigenvalue weighted by Gasteiger charge is 2.37. The average molecular weight is 289 g/mol. The number of nitrogens with zero attached hydrogens (tertiary/aromatic N) is 1. The van der Waals surface area contributed by atoms with Crippen LogP contribution in [0.3, 0.4) is 0 Å². The van der Waals surface area contributed by atoms with E-state index in [9.17, 15) is 8.42 Å². The first-order valence-electron chi connectivity index (χ1n) is 6.10. The van der Waals surface area contributed by atoms with Crippen molar-refractivity contribution in [2.75, 3.05) is 23.3 Å². The molecule has 1 saturated carbocycles. The second kappa shape index (κ2) is 4.70. The topological polar surface area (TPSA) is 85.1 Å². The van der Waals surface area contributed by atoms with E-state index in [1.807, 2.05) is 6.92 Å². The van der Waals surface area contributed by atoms with Gasteiger partial charge in [0.1, 0.15) is 9.90 Å². The van der Waals surface area contributed by atoms with Crippen molar-refractivity contribution < 1.29 is 8.42 Å². The molecular formula is C11H19N3O2S2. The van der Waals surface area contributed by atoms with Gasteiger partial charge >= 0.3 is 0 Å². The van der Waals surface area contributed by atoms with Crippen LogP contribution in [-0.2, 0) is 9.84 Å². The van der Waals surface area contributed by atoms with E-state index in [1.165, 1.54) is 12.8 Å². The van der Waals surface area contributed by atoms with Crippen LogP contribution in [0.5, 0.6) is 0 Å². The van der Waals surface area contributed by atoms with Crippen LogP contribution in [-0.4, -0.2) is 25.1 Å². The van der Waals surface area contributed by atoms with Crippen molar-refractivity contribution in [1.29, 1.82) is 0 Å². The van der Waals surface area contributed by atoms with Gasteiger partial charge in [0, 0.05) is 6.54 Å². The van der Waals surface area contributed by atoms with Crippen LogP contribution in [0.25, 0.3) is 0 Å². The fourth-order valence-corrected chi connectivity index (χ4v) is 4.38. The normalized spacial score (nSPS) is 17.7. The van der Waals surface area contributed by atoms with Gasteiger partial charge in [-0.25, -0.2) is 8.42 Å².